The van der Waals surface area contributed by atoms with Gasteiger partial charge in [-0.3, -0.25) is 4.68 Å². The van der Waals surface area contributed by atoms with E-state index in [0.717, 1.165) is 35.3 Å². The maximum absolute atomic E-state index is 10.6. The van der Waals surface area contributed by atoms with Gasteiger partial charge in [0.1, 0.15) is 11.3 Å². The number of para-hydroxylation sites is 1. The molecular weight excluding hydrogens is 252 g/mol. The van der Waals surface area contributed by atoms with Crippen molar-refractivity contribution in [1.29, 1.82) is 0 Å². The first-order valence-corrected chi connectivity index (χ1v) is 6.96. The molecular formula is C16H18N2O2. The molecule has 3 aromatic rings. The van der Waals surface area contributed by atoms with Gasteiger partial charge in [0.2, 0.25) is 0 Å². The molecule has 1 aromatic carbocycles. The Morgan fingerprint density at radius 2 is 2.05 bits per heavy atom. The van der Waals surface area contributed by atoms with Gasteiger partial charge in [-0.25, -0.2) is 0 Å². The van der Waals surface area contributed by atoms with E-state index >= 15 is 0 Å². The number of hydrogen-bond donors (Lipinski definition) is 1. The van der Waals surface area contributed by atoms with E-state index < -0.39 is 6.10 Å². The Hall–Kier alpha value is -2.07. The van der Waals surface area contributed by atoms with Crippen molar-refractivity contribution >= 4 is 11.0 Å². The number of aryl methyl sites for hydroxylation is 2. The van der Waals surface area contributed by atoms with E-state index in [1.807, 2.05) is 48.0 Å². The summed E-state index contributed by atoms with van der Waals surface area (Å²) in [6.45, 7) is 4.80. The third-order valence-corrected chi connectivity index (χ3v) is 3.52. The lowest BCUT2D eigenvalue weighted by Crippen LogP contribution is -2.08. The fourth-order valence-electron chi connectivity index (χ4n) is 2.42. The third kappa shape index (κ3) is 2.12. The quantitative estimate of drug-likeness (QED) is 0.791. The Balaban J connectivity index is 2.02. The Bertz CT molecular complexity index is 694. The monoisotopic (exact) mass is 270 g/mol. The maximum Gasteiger partial charge on any atom is 0.153 e. The summed E-state index contributed by atoms with van der Waals surface area (Å²) >= 11 is 0. The van der Waals surface area contributed by atoms with Gasteiger partial charge in [0.25, 0.3) is 0 Å². The third-order valence-electron chi connectivity index (χ3n) is 3.52. The van der Waals surface area contributed by atoms with Gasteiger partial charge in [0.15, 0.2) is 6.10 Å². The minimum absolute atomic E-state index is 0.559. The van der Waals surface area contributed by atoms with Crippen LogP contribution >= 0.6 is 0 Å². The first-order chi connectivity index (χ1) is 9.72. The van der Waals surface area contributed by atoms with Crippen molar-refractivity contribution in [2.75, 3.05) is 0 Å². The summed E-state index contributed by atoms with van der Waals surface area (Å²) in [6, 6.07) is 11.6. The van der Waals surface area contributed by atoms with Crippen molar-refractivity contribution in [1.82, 2.24) is 9.78 Å². The second-order valence-corrected chi connectivity index (χ2v) is 4.82. The molecule has 4 nitrogen and oxygen atoms in total. The van der Waals surface area contributed by atoms with Crippen LogP contribution in [0.15, 0.2) is 40.8 Å². The number of benzene rings is 1. The predicted octanol–water partition coefficient (Wildman–Crippen LogP) is 3.29. The Morgan fingerprint density at radius 3 is 2.75 bits per heavy atom. The van der Waals surface area contributed by atoms with Crippen LogP contribution in [0.3, 0.4) is 0 Å². The number of rotatable bonds is 4. The highest BCUT2D eigenvalue weighted by Crippen LogP contribution is 2.28. The second-order valence-electron chi connectivity index (χ2n) is 4.82. The molecule has 0 aliphatic rings. The Morgan fingerprint density at radius 1 is 1.25 bits per heavy atom. The van der Waals surface area contributed by atoms with Gasteiger partial charge in [-0.05, 0) is 31.5 Å². The van der Waals surface area contributed by atoms with E-state index in [1.54, 1.807) is 0 Å². The summed E-state index contributed by atoms with van der Waals surface area (Å²) in [5, 5.41) is 16.0. The van der Waals surface area contributed by atoms with Crippen LogP contribution in [-0.4, -0.2) is 14.9 Å². The number of aliphatic hydroxyl groups excluding tert-OH is 1. The largest absolute Gasteiger partial charge is 0.458 e. The van der Waals surface area contributed by atoms with E-state index in [1.165, 1.54) is 0 Å². The van der Waals surface area contributed by atoms with Gasteiger partial charge >= 0.3 is 0 Å². The SMILES string of the molecule is CCc1cc(C(O)c2cc3ccccc3o2)n(CC)n1. The average Bonchev–Trinajstić information content (AvgIpc) is 3.09. The molecule has 0 saturated carbocycles. The number of aliphatic hydroxyl groups is 1. The zero-order valence-electron chi connectivity index (χ0n) is 11.7. The van der Waals surface area contributed by atoms with Crippen LogP contribution in [0.4, 0.5) is 0 Å². The number of nitrogens with zero attached hydrogens (tertiary/aromatic N) is 2. The van der Waals surface area contributed by atoms with Gasteiger partial charge in [-0.15, -0.1) is 0 Å². The average molecular weight is 270 g/mol. The van der Waals surface area contributed by atoms with E-state index in [-0.39, 0.29) is 0 Å². The molecule has 0 bridgehead atoms. The predicted molar refractivity (Wildman–Crippen MR) is 77.6 cm³/mol. The lowest BCUT2D eigenvalue weighted by Gasteiger charge is -2.09. The minimum Gasteiger partial charge on any atom is -0.458 e. The van der Waals surface area contributed by atoms with E-state index in [9.17, 15) is 5.11 Å². The van der Waals surface area contributed by atoms with Crippen molar-refractivity contribution in [3.63, 3.8) is 0 Å². The van der Waals surface area contributed by atoms with E-state index in [4.69, 9.17) is 4.42 Å². The number of aromatic nitrogens is 2. The normalized spacial score (nSPS) is 12.9. The molecule has 2 aromatic heterocycles. The van der Waals surface area contributed by atoms with Gasteiger partial charge < -0.3 is 9.52 Å². The minimum atomic E-state index is -0.782. The Kier molecular flexibility index (Phi) is 3.32. The van der Waals surface area contributed by atoms with Crippen LogP contribution in [0.5, 0.6) is 0 Å². The molecule has 1 unspecified atom stereocenters. The van der Waals surface area contributed by atoms with E-state index in [0.29, 0.717) is 5.76 Å². The van der Waals surface area contributed by atoms with Crippen LogP contribution in [0.1, 0.15) is 37.1 Å². The molecule has 0 saturated heterocycles. The summed E-state index contributed by atoms with van der Waals surface area (Å²) in [5.74, 6) is 0.559. The molecule has 0 radical (unpaired) electrons. The topological polar surface area (TPSA) is 51.2 Å². The van der Waals surface area contributed by atoms with E-state index in [2.05, 4.69) is 12.0 Å². The van der Waals surface area contributed by atoms with Crippen LogP contribution in [-0.2, 0) is 13.0 Å². The van der Waals surface area contributed by atoms with Gasteiger partial charge in [0, 0.05) is 11.9 Å². The zero-order valence-corrected chi connectivity index (χ0v) is 11.7. The standard InChI is InChI=1S/C16H18N2O2/c1-3-12-10-13(18(4-2)17-12)16(19)15-9-11-7-5-6-8-14(11)20-15/h5-10,16,19H,3-4H2,1-2H3. The summed E-state index contributed by atoms with van der Waals surface area (Å²) in [7, 11) is 0. The summed E-state index contributed by atoms with van der Waals surface area (Å²) < 4.78 is 7.57. The molecule has 0 aliphatic carbocycles. The molecule has 104 valence electrons. The highest BCUT2D eigenvalue weighted by molar-refractivity contribution is 5.77. The fourth-order valence-corrected chi connectivity index (χ4v) is 2.42. The highest BCUT2D eigenvalue weighted by atomic mass is 16.4. The van der Waals surface area contributed by atoms with Gasteiger partial charge in [-0.2, -0.15) is 5.10 Å². The van der Waals surface area contributed by atoms with Crippen molar-refractivity contribution < 1.29 is 9.52 Å². The molecule has 4 heteroatoms. The molecule has 0 amide bonds. The molecule has 2 heterocycles. The smallest absolute Gasteiger partial charge is 0.153 e. The van der Waals surface area contributed by atoms with Crippen LogP contribution in [0, 0.1) is 0 Å². The Labute approximate surface area is 117 Å². The van der Waals surface area contributed by atoms with Crippen LogP contribution < -0.4 is 0 Å². The molecule has 0 aliphatic heterocycles. The second kappa shape index (κ2) is 5.13. The molecule has 0 fully saturated rings. The molecule has 3 rings (SSSR count). The zero-order chi connectivity index (χ0) is 14.1. The van der Waals surface area contributed by atoms with Crippen LogP contribution in [0.25, 0.3) is 11.0 Å². The first-order valence-electron chi connectivity index (χ1n) is 6.96. The number of furan rings is 1. The number of fused-ring (bicyclic) bond motifs is 1. The van der Waals surface area contributed by atoms with Crippen molar-refractivity contribution in [2.24, 2.45) is 0 Å². The lowest BCUT2D eigenvalue weighted by molar-refractivity contribution is 0.181. The molecule has 0 spiro atoms. The summed E-state index contributed by atoms with van der Waals surface area (Å²) in [5.41, 5.74) is 2.56. The first kappa shape index (κ1) is 12.9. The maximum atomic E-state index is 10.6. The van der Waals surface area contributed by atoms with Crippen LogP contribution in [0.2, 0.25) is 0 Å². The van der Waals surface area contributed by atoms with Crippen molar-refractivity contribution in [3.8, 4) is 0 Å². The van der Waals surface area contributed by atoms with Gasteiger partial charge in [0.05, 0.1) is 11.4 Å². The van der Waals surface area contributed by atoms with Gasteiger partial charge in [-0.1, -0.05) is 25.1 Å². The fraction of sp³-hybridized carbons (Fsp3) is 0.312. The summed E-state index contributed by atoms with van der Waals surface area (Å²) in [4.78, 5) is 0. The highest BCUT2D eigenvalue weighted by Gasteiger charge is 2.20. The summed E-state index contributed by atoms with van der Waals surface area (Å²) in [6.07, 6.45) is 0.0717. The van der Waals surface area contributed by atoms with Crippen molar-refractivity contribution in [2.45, 2.75) is 32.9 Å². The molecule has 20 heavy (non-hydrogen) atoms. The van der Waals surface area contributed by atoms with Crippen molar-refractivity contribution in [3.05, 3.63) is 53.5 Å². The lowest BCUT2D eigenvalue weighted by atomic mass is 10.1. The number of hydrogen-bond acceptors (Lipinski definition) is 3. The molecule has 1 N–H and O–H groups in total. The molecule has 1 atom stereocenters.